The van der Waals surface area contributed by atoms with E-state index in [0.29, 0.717) is 12.0 Å². The molecule has 1 aromatic rings. The molecule has 2 N–H and O–H groups in total. The van der Waals surface area contributed by atoms with Gasteiger partial charge < -0.3 is 10.4 Å². The van der Waals surface area contributed by atoms with E-state index >= 15 is 0 Å². The first-order valence-electron chi connectivity index (χ1n) is 6.81. The summed E-state index contributed by atoms with van der Waals surface area (Å²) in [6.07, 6.45) is 1.89. The lowest BCUT2D eigenvalue weighted by Crippen LogP contribution is -2.41. The highest BCUT2D eigenvalue weighted by molar-refractivity contribution is 5.97. The molecule has 1 rings (SSSR count). The Kier molecular flexibility index (Phi) is 5.30. The fourth-order valence-corrected chi connectivity index (χ4v) is 2.10. The lowest BCUT2D eigenvalue weighted by molar-refractivity contribution is -0.139. The van der Waals surface area contributed by atoms with Gasteiger partial charge >= 0.3 is 5.97 Å². The van der Waals surface area contributed by atoms with Crippen molar-refractivity contribution in [2.45, 2.75) is 53.1 Å². The van der Waals surface area contributed by atoms with Crippen molar-refractivity contribution in [1.29, 1.82) is 0 Å². The van der Waals surface area contributed by atoms with E-state index in [1.807, 2.05) is 27.7 Å². The Balaban J connectivity index is 2.87. The highest BCUT2D eigenvalue weighted by Gasteiger charge is 2.24. The van der Waals surface area contributed by atoms with Crippen LogP contribution in [0.1, 0.15) is 56.2 Å². The zero-order valence-electron chi connectivity index (χ0n) is 12.7. The van der Waals surface area contributed by atoms with Gasteiger partial charge in [-0.3, -0.25) is 9.48 Å². The summed E-state index contributed by atoms with van der Waals surface area (Å²) in [4.78, 5) is 23.3. The third kappa shape index (κ3) is 3.82. The maximum Gasteiger partial charge on any atom is 0.326 e. The smallest absolute Gasteiger partial charge is 0.326 e. The quantitative estimate of drug-likeness (QED) is 0.835. The molecule has 1 atom stereocenters. The summed E-state index contributed by atoms with van der Waals surface area (Å²) in [6, 6.07) is -0.716. The molecule has 0 fully saturated rings. The van der Waals surface area contributed by atoms with E-state index in [9.17, 15) is 9.59 Å². The van der Waals surface area contributed by atoms with E-state index in [4.69, 9.17) is 5.11 Å². The summed E-state index contributed by atoms with van der Waals surface area (Å²) in [5.74, 6) is -1.21. The van der Waals surface area contributed by atoms with Crippen molar-refractivity contribution in [2.24, 2.45) is 5.92 Å². The zero-order chi connectivity index (χ0) is 15.4. The molecule has 0 saturated heterocycles. The monoisotopic (exact) mass is 281 g/mol. The van der Waals surface area contributed by atoms with Crippen LogP contribution in [0.4, 0.5) is 0 Å². The molecule has 0 saturated carbocycles. The van der Waals surface area contributed by atoms with E-state index < -0.39 is 12.0 Å². The zero-order valence-corrected chi connectivity index (χ0v) is 12.7. The Hall–Kier alpha value is -1.85. The lowest BCUT2D eigenvalue weighted by Gasteiger charge is -2.16. The van der Waals surface area contributed by atoms with Gasteiger partial charge in [-0.25, -0.2) is 4.79 Å². The van der Waals surface area contributed by atoms with Gasteiger partial charge in [0.05, 0.1) is 11.8 Å². The van der Waals surface area contributed by atoms with Crippen LogP contribution in [0.2, 0.25) is 0 Å². The number of carbonyl (C=O) groups is 2. The second-order valence-electron chi connectivity index (χ2n) is 5.68. The molecule has 112 valence electrons. The number of carbonyl (C=O) groups excluding carboxylic acids is 1. The van der Waals surface area contributed by atoms with Crippen LogP contribution in [0, 0.1) is 12.8 Å². The molecule has 0 aromatic carbocycles. The molecule has 0 bridgehead atoms. The van der Waals surface area contributed by atoms with Crippen LogP contribution in [-0.4, -0.2) is 32.8 Å². The van der Waals surface area contributed by atoms with Crippen molar-refractivity contribution in [2.75, 3.05) is 0 Å². The topological polar surface area (TPSA) is 84.2 Å². The minimum Gasteiger partial charge on any atom is -0.480 e. The molecule has 0 aliphatic carbocycles. The molecule has 6 heteroatoms. The summed E-state index contributed by atoms with van der Waals surface area (Å²) in [5.41, 5.74) is 1.17. The van der Waals surface area contributed by atoms with E-state index in [1.54, 1.807) is 11.6 Å². The van der Waals surface area contributed by atoms with Crippen LogP contribution in [0.25, 0.3) is 0 Å². The highest BCUT2D eigenvalue weighted by Crippen LogP contribution is 2.13. The fraction of sp³-hybridized carbons (Fsp3) is 0.643. The Morgan fingerprint density at radius 3 is 2.35 bits per heavy atom. The molecule has 0 spiro atoms. The molecule has 1 amide bonds. The van der Waals surface area contributed by atoms with Crippen molar-refractivity contribution < 1.29 is 14.7 Å². The average Bonchev–Trinajstić information content (AvgIpc) is 2.69. The summed E-state index contributed by atoms with van der Waals surface area (Å²) < 4.78 is 1.74. The van der Waals surface area contributed by atoms with Gasteiger partial charge in [-0.15, -0.1) is 0 Å². The van der Waals surface area contributed by atoms with Gasteiger partial charge in [-0.1, -0.05) is 13.8 Å². The fourth-order valence-electron chi connectivity index (χ4n) is 2.10. The number of rotatable bonds is 6. The number of nitrogens with one attached hydrogen (secondary N) is 1. The number of nitrogens with zero attached hydrogens (tertiary/aromatic N) is 2. The number of hydrogen-bond donors (Lipinski definition) is 2. The van der Waals surface area contributed by atoms with Crippen LogP contribution < -0.4 is 5.32 Å². The second-order valence-corrected chi connectivity index (χ2v) is 5.68. The van der Waals surface area contributed by atoms with Gasteiger partial charge in [0.2, 0.25) is 0 Å². The van der Waals surface area contributed by atoms with Gasteiger partial charge in [0.1, 0.15) is 6.04 Å². The van der Waals surface area contributed by atoms with Gasteiger partial charge in [-0.2, -0.15) is 5.10 Å². The van der Waals surface area contributed by atoms with Crippen LogP contribution >= 0.6 is 0 Å². The Morgan fingerprint density at radius 1 is 1.35 bits per heavy atom. The summed E-state index contributed by atoms with van der Waals surface area (Å²) in [7, 11) is 0. The van der Waals surface area contributed by atoms with Gasteiger partial charge in [0.25, 0.3) is 5.91 Å². The Morgan fingerprint density at radius 2 is 1.95 bits per heavy atom. The van der Waals surface area contributed by atoms with Crippen LogP contribution in [0.3, 0.4) is 0 Å². The van der Waals surface area contributed by atoms with Crippen molar-refractivity contribution in [3.8, 4) is 0 Å². The molecule has 0 aliphatic heterocycles. The van der Waals surface area contributed by atoms with Gasteiger partial charge in [0, 0.05) is 11.7 Å². The molecule has 6 nitrogen and oxygen atoms in total. The molecule has 0 radical (unpaired) electrons. The molecule has 0 unspecified atom stereocenters. The molecule has 1 heterocycles. The average molecular weight is 281 g/mol. The number of carboxylic acid groups (broad SMARTS) is 1. The Labute approximate surface area is 119 Å². The van der Waals surface area contributed by atoms with Gasteiger partial charge in [0.15, 0.2) is 0 Å². The Bertz CT molecular complexity index is 492. The van der Waals surface area contributed by atoms with E-state index in [-0.39, 0.29) is 17.9 Å². The predicted octanol–water partition coefficient (Wildman–Crippen LogP) is 2.00. The van der Waals surface area contributed by atoms with Crippen molar-refractivity contribution in [3.63, 3.8) is 0 Å². The highest BCUT2D eigenvalue weighted by atomic mass is 16.4. The van der Waals surface area contributed by atoms with Crippen molar-refractivity contribution >= 4 is 11.9 Å². The lowest BCUT2D eigenvalue weighted by atomic mass is 10.0. The number of aromatic nitrogens is 2. The standard InChI is InChI=1S/C14H23N3O3/c1-8(2)6-12(14(19)20)16-13(18)11-7-15-17(9(3)4)10(11)5/h7-9,12H,6H2,1-5H3,(H,16,18)(H,19,20)/t12-/m0/s1. The first kappa shape index (κ1) is 16.2. The van der Waals surface area contributed by atoms with Crippen LogP contribution in [0.5, 0.6) is 0 Å². The molecule has 0 aliphatic rings. The third-order valence-corrected chi connectivity index (χ3v) is 3.09. The number of hydrogen-bond acceptors (Lipinski definition) is 3. The summed E-state index contributed by atoms with van der Waals surface area (Å²) in [5, 5.41) is 15.9. The van der Waals surface area contributed by atoms with E-state index in [2.05, 4.69) is 10.4 Å². The molecule has 20 heavy (non-hydrogen) atoms. The molecule has 1 aromatic heterocycles. The van der Waals surface area contributed by atoms with E-state index in [1.165, 1.54) is 6.20 Å². The largest absolute Gasteiger partial charge is 0.480 e. The molecular formula is C14H23N3O3. The normalized spacial score (nSPS) is 12.8. The second kappa shape index (κ2) is 6.54. The first-order valence-corrected chi connectivity index (χ1v) is 6.81. The van der Waals surface area contributed by atoms with Crippen molar-refractivity contribution in [1.82, 2.24) is 15.1 Å². The SMILES string of the molecule is Cc1c(C(=O)N[C@@H](CC(C)C)C(=O)O)cnn1C(C)C. The summed E-state index contributed by atoms with van der Waals surface area (Å²) in [6.45, 7) is 9.59. The number of carboxylic acids is 1. The minimum atomic E-state index is -1.01. The van der Waals surface area contributed by atoms with Crippen LogP contribution in [0.15, 0.2) is 6.20 Å². The third-order valence-electron chi connectivity index (χ3n) is 3.09. The number of amides is 1. The van der Waals surface area contributed by atoms with Crippen LogP contribution in [-0.2, 0) is 4.79 Å². The minimum absolute atomic E-state index is 0.155. The van der Waals surface area contributed by atoms with E-state index in [0.717, 1.165) is 5.69 Å². The maximum absolute atomic E-state index is 12.2. The maximum atomic E-state index is 12.2. The van der Waals surface area contributed by atoms with Gasteiger partial charge in [-0.05, 0) is 33.1 Å². The molecular weight excluding hydrogens is 258 g/mol. The number of aliphatic carboxylic acids is 1. The summed E-state index contributed by atoms with van der Waals surface area (Å²) >= 11 is 0. The predicted molar refractivity (Wildman–Crippen MR) is 75.7 cm³/mol. The van der Waals surface area contributed by atoms with Crippen molar-refractivity contribution in [3.05, 3.63) is 17.5 Å². The first-order chi connectivity index (χ1) is 9.23.